The standard InChI is InChI=1S/C25H25Br2F4N3O3/c1-13(35)34(4)20-8-6-15-21(17(26)10-18(27)22(15)33-20)32-12-24(37,25(29,30)31)11-23(2,3)16-9-14(28)5-7-19(16)36/h5-10,32,36-37H,11-12H2,1-4H3. The number of phenols is 1. The zero-order chi connectivity index (χ0) is 27.9. The van der Waals surface area contributed by atoms with Gasteiger partial charge >= 0.3 is 6.18 Å². The van der Waals surface area contributed by atoms with Crippen molar-refractivity contribution in [2.45, 2.75) is 44.4 Å². The Kier molecular flexibility index (Phi) is 8.17. The fourth-order valence-corrected chi connectivity index (χ4v) is 5.54. The molecule has 1 amide bonds. The lowest BCUT2D eigenvalue weighted by Gasteiger charge is -2.38. The van der Waals surface area contributed by atoms with Crippen LogP contribution in [0.2, 0.25) is 0 Å². The molecule has 3 rings (SSSR count). The molecule has 0 spiro atoms. The molecule has 2 aromatic carbocycles. The first-order chi connectivity index (χ1) is 17.0. The molecule has 1 unspecified atom stereocenters. The molecule has 1 atom stereocenters. The van der Waals surface area contributed by atoms with E-state index in [9.17, 15) is 32.6 Å². The number of carbonyl (C=O) groups is 1. The van der Waals surface area contributed by atoms with E-state index in [0.717, 1.165) is 18.2 Å². The van der Waals surface area contributed by atoms with Gasteiger partial charge in [0.05, 0.1) is 17.7 Å². The molecule has 0 bridgehead atoms. The van der Waals surface area contributed by atoms with Crippen molar-refractivity contribution in [3.05, 3.63) is 56.7 Å². The first-order valence-corrected chi connectivity index (χ1v) is 12.6. The summed E-state index contributed by atoms with van der Waals surface area (Å²) in [6, 6.07) is 7.77. The number of rotatable bonds is 7. The minimum absolute atomic E-state index is 0.0585. The quantitative estimate of drug-likeness (QED) is 0.249. The lowest BCUT2D eigenvalue weighted by Crippen LogP contribution is -2.53. The van der Waals surface area contributed by atoms with Crippen molar-refractivity contribution in [2.24, 2.45) is 0 Å². The Morgan fingerprint density at radius 1 is 1.11 bits per heavy atom. The van der Waals surface area contributed by atoms with Crippen molar-refractivity contribution in [1.29, 1.82) is 0 Å². The molecule has 0 aliphatic heterocycles. The van der Waals surface area contributed by atoms with Gasteiger partial charge in [-0.05, 0) is 80.1 Å². The number of halogens is 6. The second-order valence-corrected chi connectivity index (χ2v) is 11.2. The minimum Gasteiger partial charge on any atom is -0.508 e. The van der Waals surface area contributed by atoms with Crippen LogP contribution in [0, 0.1) is 5.82 Å². The summed E-state index contributed by atoms with van der Waals surface area (Å²) in [5.74, 6) is -0.997. The predicted octanol–water partition coefficient (Wildman–Crippen LogP) is 6.66. The molecule has 0 aliphatic carbocycles. The molecule has 0 aliphatic rings. The minimum atomic E-state index is -5.06. The first-order valence-electron chi connectivity index (χ1n) is 11.0. The fraction of sp³-hybridized carbons (Fsp3) is 0.360. The van der Waals surface area contributed by atoms with Crippen LogP contribution in [-0.4, -0.2) is 46.5 Å². The fourth-order valence-electron chi connectivity index (χ4n) is 4.12. The van der Waals surface area contributed by atoms with Crippen molar-refractivity contribution in [3.63, 3.8) is 0 Å². The monoisotopic (exact) mass is 649 g/mol. The maximum absolute atomic E-state index is 14.2. The number of phenolic OH excluding ortho intramolecular Hbond substituents is 1. The van der Waals surface area contributed by atoms with Gasteiger partial charge in [-0.3, -0.25) is 4.79 Å². The zero-order valence-electron chi connectivity index (χ0n) is 20.3. The van der Waals surface area contributed by atoms with Gasteiger partial charge in [-0.15, -0.1) is 0 Å². The summed E-state index contributed by atoms with van der Waals surface area (Å²) in [5, 5.41) is 24.2. The highest BCUT2D eigenvalue weighted by Gasteiger charge is 2.56. The van der Waals surface area contributed by atoms with Crippen molar-refractivity contribution >= 4 is 60.2 Å². The van der Waals surface area contributed by atoms with Crippen LogP contribution in [0.1, 0.15) is 32.8 Å². The third kappa shape index (κ3) is 6.01. The van der Waals surface area contributed by atoms with E-state index in [0.29, 0.717) is 25.7 Å². The zero-order valence-corrected chi connectivity index (χ0v) is 23.5. The Labute approximate surface area is 227 Å². The lowest BCUT2D eigenvalue weighted by atomic mass is 9.74. The Morgan fingerprint density at radius 2 is 1.76 bits per heavy atom. The first kappa shape index (κ1) is 29.1. The van der Waals surface area contributed by atoms with Crippen LogP contribution in [0.3, 0.4) is 0 Å². The molecule has 12 heteroatoms. The number of aromatic hydroxyl groups is 1. The second-order valence-electron chi connectivity index (χ2n) is 9.46. The molecule has 3 aromatic rings. The summed E-state index contributed by atoms with van der Waals surface area (Å²) >= 11 is 6.75. The summed E-state index contributed by atoms with van der Waals surface area (Å²) in [6.45, 7) is 3.21. The van der Waals surface area contributed by atoms with Crippen LogP contribution in [0.4, 0.5) is 29.1 Å². The molecule has 0 fully saturated rings. The number of pyridine rings is 1. The van der Waals surface area contributed by atoms with Gasteiger partial charge in [-0.25, -0.2) is 9.37 Å². The third-order valence-electron chi connectivity index (χ3n) is 6.19. The van der Waals surface area contributed by atoms with Crippen LogP contribution in [-0.2, 0) is 10.2 Å². The van der Waals surface area contributed by atoms with Gasteiger partial charge in [0.2, 0.25) is 5.91 Å². The molecule has 0 radical (unpaired) electrons. The van der Waals surface area contributed by atoms with Gasteiger partial charge in [-0.2, -0.15) is 13.2 Å². The van der Waals surface area contributed by atoms with Crippen LogP contribution in [0.15, 0.2) is 45.3 Å². The largest absolute Gasteiger partial charge is 0.508 e. The number of aromatic nitrogens is 1. The summed E-state index contributed by atoms with van der Waals surface area (Å²) in [4.78, 5) is 17.5. The van der Waals surface area contributed by atoms with Crippen LogP contribution < -0.4 is 10.2 Å². The number of nitrogens with one attached hydrogen (secondary N) is 1. The number of fused-ring (bicyclic) bond motifs is 1. The molecule has 6 nitrogen and oxygen atoms in total. The van der Waals surface area contributed by atoms with E-state index in [1.54, 1.807) is 25.2 Å². The number of nitrogens with zero attached hydrogens (tertiary/aromatic N) is 2. The number of hydrogen-bond donors (Lipinski definition) is 3. The predicted molar refractivity (Wildman–Crippen MR) is 141 cm³/mol. The van der Waals surface area contributed by atoms with Gasteiger partial charge in [0.1, 0.15) is 17.4 Å². The van der Waals surface area contributed by atoms with Gasteiger partial charge in [-0.1, -0.05) is 13.8 Å². The summed E-state index contributed by atoms with van der Waals surface area (Å²) in [6.07, 6.45) is -5.93. The van der Waals surface area contributed by atoms with Crippen LogP contribution in [0.5, 0.6) is 5.75 Å². The molecule has 37 heavy (non-hydrogen) atoms. The smallest absolute Gasteiger partial charge is 0.418 e. The van der Waals surface area contributed by atoms with E-state index < -0.39 is 36.0 Å². The van der Waals surface area contributed by atoms with Crippen molar-refractivity contribution in [3.8, 4) is 5.75 Å². The van der Waals surface area contributed by atoms with Crippen LogP contribution in [0.25, 0.3) is 10.9 Å². The van der Waals surface area contributed by atoms with Gasteiger partial charge in [0.25, 0.3) is 0 Å². The van der Waals surface area contributed by atoms with Crippen molar-refractivity contribution < 1.29 is 32.6 Å². The topological polar surface area (TPSA) is 85.7 Å². The number of aliphatic hydroxyl groups is 1. The molecular weight excluding hydrogens is 626 g/mol. The second kappa shape index (κ2) is 10.4. The van der Waals surface area contributed by atoms with E-state index >= 15 is 0 Å². The molecule has 1 heterocycles. The number of carbonyl (C=O) groups excluding carboxylic acids is 1. The Morgan fingerprint density at radius 3 is 2.35 bits per heavy atom. The molecule has 0 saturated carbocycles. The summed E-state index contributed by atoms with van der Waals surface area (Å²) < 4.78 is 57.5. The van der Waals surface area contributed by atoms with Gasteiger partial charge < -0.3 is 20.4 Å². The summed E-state index contributed by atoms with van der Waals surface area (Å²) in [7, 11) is 1.55. The van der Waals surface area contributed by atoms with E-state index in [1.807, 2.05) is 0 Å². The molecular formula is C25H25Br2F4N3O3. The van der Waals surface area contributed by atoms with E-state index in [1.165, 1.54) is 25.7 Å². The average molecular weight is 651 g/mol. The molecule has 200 valence electrons. The number of hydrogen-bond acceptors (Lipinski definition) is 5. The van der Waals surface area contributed by atoms with Crippen LogP contribution >= 0.6 is 31.9 Å². The number of benzene rings is 2. The van der Waals surface area contributed by atoms with Crippen molar-refractivity contribution in [2.75, 3.05) is 23.8 Å². The Hall–Kier alpha value is -2.44. The highest BCUT2D eigenvalue weighted by atomic mass is 79.9. The van der Waals surface area contributed by atoms with E-state index in [2.05, 4.69) is 42.2 Å². The van der Waals surface area contributed by atoms with Gasteiger partial charge in [0, 0.05) is 33.9 Å². The number of anilines is 2. The van der Waals surface area contributed by atoms with E-state index in [-0.39, 0.29) is 22.9 Å². The maximum atomic E-state index is 14.2. The third-order valence-corrected chi connectivity index (χ3v) is 7.42. The van der Waals surface area contributed by atoms with Gasteiger partial charge in [0.15, 0.2) is 5.60 Å². The SMILES string of the molecule is CC(=O)N(C)c1ccc2c(NCC(O)(CC(C)(C)c3cc(F)ccc3O)C(F)(F)F)c(Br)cc(Br)c2n1. The number of amides is 1. The Bertz CT molecular complexity index is 1350. The summed E-state index contributed by atoms with van der Waals surface area (Å²) in [5.41, 5.74) is -4.13. The molecule has 3 N–H and O–H groups in total. The Balaban J connectivity index is 2.01. The molecule has 1 aromatic heterocycles. The average Bonchev–Trinajstić information content (AvgIpc) is 2.78. The van der Waals surface area contributed by atoms with E-state index in [4.69, 9.17) is 0 Å². The lowest BCUT2D eigenvalue weighted by molar-refractivity contribution is -0.260. The maximum Gasteiger partial charge on any atom is 0.418 e. The molecule has 0 saturated heterocycles. The highest BCUT2D eigenvalue weighted by molar-refractivity contribution is 9.11. The highest BCUT2D eigenvalue weighted by Crippen LogP contribution is 2.44. The normalized spacial score (nSPS) is 13.9. The van der Waals surface area contributed by atoms with Crippen molar-refractivity contribution in [1.82, 2.24) is 4.98 Å². The number of alkyl halides is 3.